The van der Waals surface area contributed by atoms with Crippen LogP contribution in [0.3, 0.4) is 0 Å². The molecule has 2 aromatic carbocycles. The van der Waals surface area contributed by atoms with Crippen molar-refractivity contribution in [1.82, 2.24) is 26.3 Å². The average Bonchev–Trinajstić information content (AvgIpc) is 3.50. The molecule has 0 fully saturated rings. The van der Waals surface area contributed by atoms with Crippen molar-refractivity contribution in [3.63, 3.8) is 0 Å². The Balaban J connectivity index is 1.94. The number of nitrogens with one attached hydrogen (secondary N) is 5. The Morgan fingerprint density at radius 3 is 1.96 bits per heavy atom. The average molecular weight is 741 g/mol. The fourth-order valence-electron chi connectivity index (χ4n) is 5.51. The van der Waals surface area contributed by atoms with E-state index in [1.807, 2.05) is 30.5 Å². The van der Waals surface area contributed by atoms with Crippen molar-refractivity contribution in [3.05, 3.63) is 65.9 Å². The molecule has 0 radical (unpaired) electrons. The summed E-state index contributed by atoms with van der Waals surface area (Å²) in [6.07, 6.45) is 3.16. The standard InChI is InChI=1S/C36H48N6O9S/c1-20(2)16-28(33(47)39-27(36(50)51)12-13-31(44)45)41-35(49)30(18-22-19-38-26-7-5-4-6-24(22)26)42-34(48)29(17-21-8-10-23(43)11-9-21)40-32(46)25(37)14-15-52-3/h4-11,19-20,25,27-30,38,43H,12-18,37H2,1-3H3,(H,39,47)(H,40,46)(H,41,49)(H,42,48)(H,44,45)(H,50,51). The third kappa shape index (κ3) is 12.9. The number of aromatic nitrogens is 1. The van der Waals surface area contributed by atoms with Gasteiger partial charge in [0.05, 0.1) is 6.04 Å². The van der Waals surface area contributed by atoms with Crippen molar-refractivity contribution >= 4 is 58.2 Å². The van der Waals surface area contributed by atoms with Crippen LogP contribution < -0.4 is 27.0 Å². The molecule has 3 rings (SSSR count). The smallest absolute Gasteiger partial charge is 0.326 e. The number of thioether (sulfide) groups is 1. The van der Waals surface area contributed by atoms with E-state index in [0.29, 0.717) is 23.3 Å². The highest BCUT2D eigenvalue weighted by Crippen LogP contribution is 2.20. The predicted octanol–water partition coefficient (Wildman–Crippen LogP) is 1.67. The Labute approximate surface area is 305 Å². The van der Waals surface area contributed by atoms with Crippen molar-refractivity contribution in [1.29, 1.82) is 0 Å². The summed E-state index contributed by atoms with van der Waals surface area (Å²) in [4.78, 5) is 80.7. The van der Waals surface area contributed by atoms with Gasteiger partial charge in [-0.15, -0.1) is 0 Å². The predicted molar refractivity (Wildman–Crippen MR) is 196 cm³/mol. The molecule has 0 spiro atoms. The van der Waals surface area contributed by atoms with E-state index in [1.165, 1.54) is 23.9 Å². The highest BCUT2D eigenvalue weighted by Gasteiger charge is 2.33. The van der Waals surface area contributed by atoms with Crippen LogP contribution in [0.5, 0.6) is 5.75 Å². The van der Waals surface area contributed by atoms with Crippen LogP contribution in [0.25, 0.3) is 10.9 Å². The van der Waals surface area contributed by atoms with E-state index in [-0.39, 0.29) is 37.4 Å². The van der Waals surface area contributed by atoms with Crippen molar-refractivity contribution in [3.8, 4) is 5.75 Å². The van der Waals surface area contributed by atoms with Gasteiger partial charge in [0.25, 0.3) is 0 Å². The first-order valence-corrected chi connectivity index (χ1v) is 18.3. The first-order valence-electron chi connectivity index (χ1n) is 16.9. The third-order valence-corrected chi connectivity index (χ3v) is 8.96. The number of aromatic amines is 1. The molecule has 0 bridgehead atoms. The van der Waals surface area contributed by atoms with Gasteiger partial charge in [-0.1, -0.05) is 44.2 Å². The fraction of sp³-hybridized carbons (Fsp3) is 0.444. The molecular formula is C36H48N6O9S. The lowest BCUT2D eigenvalue weighted by Crippen LogP contribution is -2.59. The first kappa shape index (κ1) is 41.3. The molecule has 16 heteroatoms. The van der Waals surface area contributed by atoms with Gasteiger partial charge in [-0.05, 0) is 66.5 Å². The van der Waals surface area contributed by atoms with Crippen LogP contribution in [0.15, 0.2) is 54.7 Å². The van der Waals surface area contributed by atoms with Gasteiger partial charge in [0, 0.05) is 36.4 Å². The number of carbonyl (C=O) groups excluding carboxylic acids is 4. The van der Waals surface area contributed by atoms with Crippen LogP contribution in [-0.4, -0.2) is 98.1 Å². The van der Waals surface area contributed by atoms with Crippen molar-refractivity contribution < 1.29 is 44.1 Å². The summed E-state index contributed by atoms with van der Waals surface area (Å²) in [7, 11) is 0. The number of carboxylic acids is 2. The van der Waals surface area contributed by atoms with Crippen LogP contribution in [-0.2, 0) is 41.6 Å². The first-order chi connectivity index (χ1) is 24.7. The number of benzene rings is 2. The number of hydrogen-bond donors (Lipinski definition) is 9. The number of amides is 4. The fourth-order valence-corrected chi connectivity index (χ4v) is 6.00. The van der Waals surface area contributed by atoms with Gasteiger partial charge < -0.3 is 47.3 Å². The topological polar surface area (TPSA) is 253 Å². The molecule has 4 amide bonds. The number of para-hydroxylation sites is 1. The van der Waals surface area contributed by atoms with Gasteiger partial charge in [0.15, 0.2) is 0 Å². The minimum absolute atomic E-state index is 0.000173. The number of rotatable bonds is 21. The Morgan fingerprint density at radius 1 is 0.769 bits per heavy atom. The largest absolute Gasteiger partial charge is 0.508 e. The molecule has 0 aliphatic rings. The van der Waals surface area contributed by atoms with Gasteiger partial charge in [-0.3, -0.25) is 24.0 Å². The Bertz CT molecular complexity index is 1700. The lowest BCUT2D eigenvalue weighted by Gasteiger charge is -2.27. The lowest BCUT2D eigenvalue weighted by molar-refractivity contribution is -0.143. The monoisotopic (exact) mass is 740 g/mol. The second-order valence-corrected chi connectivity index (χ2v) is 14.0. The number of carbonyl (C=O) groups is 6. The Hall–Kier alpha value is -5.09. The summed E-state index contributed by atoms with van der Waals surface area (Å²) >= 11 is 1.52. The van der Waals surface area contributed by atoms with Gasteiger partial charge in [0.1, 0.15) is 29.9 Å². The number of phenolic OH excluding ortho intramolecular Hbond substituents is 1. The van der Waals surface area contributed by atoms with Gasteiger partial charge in [-0.2, -0.15) is 11.8 Å². The number of H-pyrrole nitrogens is 1. The molecule has 0 saturated carbocycles. The number of carboxylic acid groups (broad SMARTS) is 2. The Morgan fingerprint density at radius 2 is 1.35 bits per heavy atom. The highest BCUT2D eigenvalue weighted by molar-refractivity contribution is 7.98. The zero-order chi connectivity index (χ0) is 38.4. The minimum atomic E-state index is -1.51. The molecule has 15 nitrogen and oxygen atoms in total. The molecule has 3 aromatic rings. The molecule has 10 N–H and O–H groups in total. The number of aromatic hydroxyl groups is 1. The van der Waals surface area contributed by atoms with Gasteiger partial charge >= 0.3 is 11.9 Å². The number of fused-ring (bicyclic) bond motifs is 1. The maximum atomic E-state index is 14.1. The SMILES string of the molecule is CSCCC(N)C(=O)NC(Cc1ccc(O)cc1)C(=O)NC(Cc1c[nH]c2ccccc12)C(=O)NC(CC(C)C)C(=O)NC(CCC(=O)O)C(=O)O. The maximum Gasteiger partial charge on any atom is 0.326 e. The van der Waals surface area contributed by atoms with E-state index in [2.05, 4.69) is 26.3 Å². The molecule has 52 heavy (non-hydrogen) atoms. The third-order valence-electron chi connectivity index (χ3n) is 8.31. The van der Waals surface area contributed by atoms with Crippen LogP contribution in [0.1, 0.15) is 50.7 Å². The van der Waals surface area contributed by atoms with E-state index in [1.54, 1.807) is 32.2 Å². The van der Waals surface area contributed by atoms with Crippen molar-refractivity contribution in [2.24, 2.45) is 11.7 Å². The van der Waals surface area contributed by atoms with Gasteiger partial charge in [0.2, 0.25) is 23.6 Å². The molecule has 1 aromatic heterocycles. The van der Waals surface area contributed by atoms with Crippen molar-refractivity contribution in [2.75, 3.05) is 12.0 Å². The summed E-state index contributed by atoms with van der Waals surface area (Å²) in [5, 5.41) is 39.7. The Kier molecular flexibility index (Phi) is 16.0. The van der Waals surface area contributed by atoms with E-state index >= 15 is 0 Å². The highest BCUT2D eigenvalue weighted by atomic mass is 32.2. The second kappa shape index (κ2) is 20.1. The number of phenols is 1. The zero-order valence-electron chi connectivity index (χ0n) is 29.4. The van der Waals surface area contributed by atoms with Crippen molar-refractivity contribution in [2.45, 2.75) is 82.6 Å². The molecule has 0 aliphatic carbocycles. The van der Waals surface area contributed by atoms with E-state index < -0.39 is 72.2 Å². The summed E-state index contributed by atoms with van der Waals surface area (Å²) in [6, 6.07) is 7.34. The van der Waals surface area contributed by atoms with Crippen LogP contribution in [0.2, 0.25) is 0 Å². The summed E-state index contributed by atoms with van der Waals surface area (Å²) in [6.45, 7) is 3.61. The minimum Gasteiger partial charge on any atom is -0.508 e. The second-order valence-electron chi connectivity index (χ2n) is 13.0. The summed E-state index contributed by atoms with van der Waals surface area (Å²) in [5.74, 6) is -5.00. The molecular weight excluding hydrogens is 692 g/mol. The maximum absolute atomic E-state index is 14.1. The number of nitrogens with two attached hydrogens (primary N) is 1. The number of hydrogen-bond acceptors (Lipinski definition) is 9. The van der Waals surface area contributed by atoms with Crippen LogP contribution in [0.4, 0.5) is 0 Å². The van der Waals surface area contributed by atoms with E-state index in [9.17, 15) is 39.0 Å². The number of aliphatic carboxylic acids is 2. The molecule has 1 heterocycles. The van der Waals surface area contributed by atoms with Crippen LogP contribution in [0, 0.1) is 5.92 Å². The zero-order valence-corrected chi connectivity index (χ0v) is 30.2. The molecule has 0 saturated heterocycles. The molecule has 0 aliphatic heterocycles. The molecule has 5 unspecified atom stereocenters. The van der Waals surface area contributed by atoms with E-state index in [0.717, 1.165) is 10.9 Å². The molecule has 5 atom stereocenters. The molecule has 282 valence electrons. The van der Waals surface area contributed by atoms with E-state index in [4.69, 9.17) is 10.8 Å². The summed E-state index contributed by atoms with van der Waals surface area (Å²) < 4.78 is 0. The van der Waals surface area contributed by atoms with Crippen LogP contribution >= 0.6 is 11.8 Å². The quantitative estimate of drug-likeness (QED) is 0.0760. The van der Waals surface area contributed by atoms with Gasteiger partial charge in [-0.25, -0.2) is 4.79 Å². The summed E-state index contributed by atoms with van der Waals surface area (Å²) in [5.41, 5.74) is 8.18. The normalized spacial score (nSPS) is 14.1. The lowest BCUT2D eigenvalue weighted by atomic mass is 9.99.